The molecule has 0 bridgehead atoms. The largest absolute Gasteiger partial charge is 0.618 e. The van der Waals surface area contributed by atoms with Gasteiger partial charge in [-0.25, -0.2) is 19.9 Å². The minimum Gasteiger partial charge on any atom is -0.618 e. The van der Waals surface area contributed by atoms with Crippen molar-refractivity contribution < 1.29 is 9.46 Å². The van der Waals surface area contributed by atoms with Gasteiger partial charge in [-0.15, -0.1) is 0 Å². The zero-order chi connectivity index (χ0) is 75.0. The van der Waals surface area contributed by atoms with Gasteiger partial charge in [-0.2, -0.15) is 30.5 Å². The Balaban J connectivity index is 1.13. The SMILES string of the molecule is N#Cc1ccc(Cc2cnc(C(Cc3ccc(-c4ccccc4)nc3)(c3ccc(-c4ccccc4)[n+]([O-])c3)C(c3ccc(-c4ccccc4)cn3)(c3ncc(Cc4ccc(C#N)cc4)[nH]3)C(c3ncc(Cc4ccc(C#N)cc4)[nH]3)(c3ncc(Cc4ccc(C#N)cc4)[nH]3)c3ccc(-c4ccccc4)c[n+]3[O-])[nH]2)cc1. The van der Waals surface area contributed by atoms with E-state index in [9.17, 15) is 21.0 Å². The van der Waals surface area contributed by atoms with Crippen molar-refractivity contribution in [2.24, 2.45) is 0 Å². The van der Waals surface area contributed by atoms with Crippen molar-refractivity contribution in [3.8, 4) is 69.0 Å². The molecule has 8 heterocycles. The van der Waals surface area contributed by atoms with E-state index < -0.39 is 16.2 Å². The fraction of sp³-hybridized carbons (Fsp3) is 0.0870. The van der Waals surface area contributed by atoms with Crippen LogP contribution in [0.4, 0.5) is 0 Å². The maximum absolute atomic E-state index is 17.4. The van der Waals surface area contributed by atoms with E-state index in [1.807, 2.05) is 231 Å². The molecule has 0 aliphatic heterocycles. The molecule has 16 aromatic rings. The van der Waals surface area contributed by atoms with Crippen LogP contribution in [-0.4, -0.2) is 49.8 Å². The van der Waals surface area contributed by atoms with E-state index in [1.165, 1.54) is 0 Å². The van der Waals surface area contributed by atoms with Gasteiger partial charge in [0.15, 0.2) is 17.8 Å². The second-order valence-corrected chi connectivity index (χ2v) is 27.3. The van der Waals surface area contributed by atoms with Crippen molar-refractivity contribution in [2.45, 2.75) is 48.3 Å². The normalized spacial score (nSPS) is 12.4. The maximum Gasteiger partial charge on any atom is 0.223 e. The second-order valence-electron chi connectivity index (χ2n) is 27.3. The van der Waals surface area contributed by atoms with Gasteiger partial charge in [0.2, 0.25) is 11.4 Å². The number of nitrogens with one attached hydrogen (secondary N) is 4. The Hall–Kier alpha value is -15.2. The Bertz CT molecular complexity index is 6020. The lowest BCUT2D eigenvalue weighted by atomic mass is 9.43. The highest BCUT2D eigenvalue weighted by Crippen LogP contribution is 2.65. The van der Waals surface area contributed by atoms with E-state index in [1.54, 1.807) is 85.7 Å². The van der Waals surface area contributed by atoms with Crippen molar-refractivity contribution >= 4 is 0 Å². The molecule has 0 spiro atoms. The molecule has 526 valence electrons. The zero-order valence-corrected chi connectivity index (χ0v) is 59.2. The maximum atomic E-state index is 17.4. The lowest BCUT2D eigenvalue weighted by Crippen LogP contribution is -2.68. The quantitative estimate of drug-likeness (QED) is 0.0343. The molecule has 8 aromatic heterocycles. The van der Waals surface area contributed by atoms with Crippen molar-refractivity contribution in [3.05, 3.63) is 440 Å². The molecule has 2 atom stereocenters. The van der Waals surface area contributed by atoms with Crippen molar-refractivity contribution in [1.29, 1.82) is 21.0 Å². The molecule has 0 saturated heterocycles. The van der Waals surface area contributed by atoms with Crippen LogP contribution in [0.15, 0.2) is 316 Å². The number of hydrogen-bond donors (Lipinski definition) is 4. The van der Waals surface area contributed by atoms with E-state index in [0.29, 0.717) is 78.7 Å². The second kappa shape index (κ2) is 30.1. The molecule has 0 saturated carbocycles. The average molecular weight is 1430 g/mol. The first-order valence-electron chi connectivity index (χ1n) is 35.8. The van der Waals surface area contributed by atoms with E-state index in [2.05, 4.69) is 44.2 Å². The number of aromatic amines is 4. The molecule has 16 rings (SSSR count). The van der Waals surface area contributed by atoms with Crippen LogP contribution in [0.1, 0.15) is 113 Å². The van der Waals surface area contributed by atoms with Crippen molar-refractivity contribution in [3.63, 3.8) is 0 Å². The summed E-state index contributed by atoms with van der Waals surface area (Å²) in [6, 6.07) is 92.8. The van der Waals surface area contributed by atoms with Crippen molar-refractivity contribution in [1.82, 2.24) is 49.8 Å². The van der Waals surface area contributed by atoms with E-state index in [4.69, 9.17) is 29.9 Å². The molecular formula is C92H66N16O2. The molecule has 2 unspecified atom stereocenters. The molecule has 110 heavy (non-hydrogen) atoms. The summed E-state index contributed by atoms with van der Waals surface area (Å²) < 4.78 is 1.76. The minimum atomic E-state index is -2.30. The van der Waals surface area contributed by atoms with Crippen LogP contribution in [0.25, 0.3) is 44.8 Å². The highest BCUT2D eigenvalue weighted by Gasteiger charge is 2.76. The summed E-state index contributed by atoms with van der Waals surface area (Å²) in [5, 5.41) is 73.9. The van der Waals surface area contributed by atoms with Gasteiger partial charge in [-0.3, -0.25) is 9.97 Å². The fourth-order valence-electron chi connectivity index (χ4n) is 15.4. The number of rotatable bonds is 23. The van der Waals surface area contributed by atoms with Crippen LogP contribution < -0.4 is 9.46 Å². The van der Waals surface area contributed by atoms with Crippen LogP contribution in [0.2, 0.25) is 0 Å². The number of hydrogen-bond acceptors (Lipinski definition) is 12. The van der Waals surface area contributed by atoms with Crippen LogP contribution in [0, 0.1) is 55.7 Å². The molecular weight excluding hydrogens is 1360 g/mol. The summed E-state index contributed by atoms with van der Waals surface area (Å²) in [7, 11) is 0. The standard InChI is InChI=1S/C92H66N16O2/c93-50-66-29-21-62(22-30-66)45-78-56-99-86(103-78)90(49-70-37-41-82(97-54-70)73-17-9-3-10-18-73,77-40-42-83(107(109)61-77)74-19-11-4-12-20-74)92(84-43-38-75(55-98-84)71-13-5-1-6-14-71,89-102-59-81(106-89)48-65-27-35-69(53-96)36-28-65)91(85-44-39-76(60-108(85)110)72-15-7-2-8-16-72,87-100-57-79(104-87)46-63-23-31-67(51-94)32-24-63)88-101-58-80(105-88)47-64-25-33-68(52-95)34-26-64/h1-44,54-61H,45-49H2,(H,99,103)(H,100,104)(H,101,105)(H,102,106). The zero-order valence-electron chi connectivity index (χ0n) is 59.2. The highest BCUT2D eigenvalue weighted by atomic mass is 16.5. The first kappa shape index (κ1) is 69.1. The molecule has 8 aromatic carbocycles. The predicted molar refractivity (Wildman–Crippen MR) is 416 cm³/mol. The lowest BCUT2D eigenvalue weighted by molar-refractivity contribution is -0.617. The Morgan fingerprint density at radius 2 is 0.727 bits per heavy atom. The molecule has 4 N–H and O–H groups in total. The van der Waals surface area contributed by atoms with Crippen molar-refractivity contribution in [2.75, 3.05) is 0 Å². The fourth-order valence-corrected chi connectivity index (χ4v) is 15.4. The third kappa shape index (κ3) is 13.1. The predicted octanol–water partition coefficient (Wildman–Crippen LogP) is 15.7. The van der Waals surface area contributed by atoms with Gasteiger partial charge < -0.3 is 30.4 Å². The number of aromatic nitrogens is 12. The number of nitriles is 4. The van der Waals surface area contributed by atoms with E-state index in [-0.39, 0.29) is 66.8 Å². The molecule has 0 aliphatic carbocycles. The number of benzene rings is 8. The monoisotopic (exact) mass is 1430 g/mol. The van der Waals surface area contributed by atoms with Crippen LogP contribution in [0.3, 0.4) is 0 Å². The van der Waals surface area contributed by atoms with Gasteiger partial charge in [0.1, 0.15) is 28.7 Å². The molecule has 0 fully saturated rings. The number of nitrogens with zero attached hydrogens (tertiary/aromatic N) is 12. The smallest absolute Gasteiger partial charge is 0.223 e. The first-order valence-corrected chi connectivity index (χ1v) is 35.8. The summed E-state index contributed by atoms with van der Waals surface area (Å²) in [5.74, 6) is 0.806. The first-order chi connectivity index (χ1) is 54.0. The third-order valence-corrected chi connectivity index (χ3v) is 20.6. The van der Waals surface area contributed by atoms with Gasteiger partial charge in [-0.05, 0) is 130 Å². The van der Waals surface area contributed by atoms with E-state index >= 15 is 10.4 Å². The number of imidazole rings is 4. The molecule has 18 nitrogen and oxygen atoms in total. The number of H-pyrrole nitrogens is 4. The van der Waals surface area contributed by atoms with Crippen LogP contribution in [0.5, 0.6) is 0 Å². The topological polar surface area (TPSA) is 290 Å². The molecule has 0 radical (unpaired) electrons. The number of pyridine rings is 4. The highest BCUT2D eigenvalue weighted by molar-refractivity contribution is 5.68. The molecule has 0 amide bonds. The Labute approximate surface area is 634 Å². The summed E-state index contributed by atoms with van der Waals surface area (Å²) in [6.07, 6.45) is 14.8. The van der Waals surface area contributed by atoms with Crippen LogP contribution >= 0.6 is 0 Å². The van der Waals surface area contributed by atoms with Gasteiger partial charge in [0.05, 0.1) is 63.3 Å². The van der Waals surface area contributed by atoms with E-state index in [0.717, 1.165) is 54.0 Å². The summed E-state index contributed by atoms with van der Waals surface area (Å²) in [5.41, 5.74) is 7.89. The Morgan fingerprint density at radius 1 is 0.318 bits per heavy atom. The van der Waals surface area contributed by atoms with Gasteiger partial charge in [0, 0.05) is 126 Å². The third-order valence-electron chi connectivity index (χ3n) is 20.6. The molecule has 18 heteroatoms. The average Bonchev–Trinajstić information content (AvgIpc) is 1.21. The van der Waals surface area contributed by atoms with Gasteiger partial charge in [0.25, 0.3) is 0 Å². The van der Waals surface area contributed by atoms with Gasteiger partial charge in [-0.1, -0.05) is 170 Å². The Kier molecular flexibility index (Phi) is 18.9. The molecule has 0 aliphatic rings. The summed E-state index contributed by atoms with van der Waals surface area (Å²) in [6.45, 7) is 0. The Morgan fingerprint density at radius 3 is 1.15 bits per heavy atom. The summed E-state index contributed by atoms with van der Waals surface area (Å²) >= 11 is 0. The van der Waals surface area contributed by atoms with Crippen LogP contribution in [-0.2, 0) is 48.3 Å². The lowest BCUT2D eigenvalue weighted by Gasteiger charge is -2.55. The van der Waals surface area contributed by atoms with Gasteiger partial charge >= 0.3 is 0 Å². The summed E-state index contributed by atoms with van der Waals surface area (Å²) in [4.78, 5) is 50.0. The minimum absolute atomic E-state index is 0.0527.